The lowest BCUT2D eigenvalue weighted by molar-refractivity contribution is -0.362. The van der Waals surface area contributed by atoms with Crippen LogP contribution in [0.25, 0.3) is 0 Å². The third-order valence-corrected chi connectivity index (χ3v) is 14.7. The van der Waals surface area contributed by atoms with Crippen LogP contribution in [0.5, 0.6) is 0 Å². The Kier molecular flexibility index (Phi) is 10.7. The van der Waals surface area contributed by atoms with Gasteiger partial charge in [-0.1, -0.05) is 13.8 Å². The number of aliphatic hydroxyl groups excluding tert-OH is 4. The van der Waals surface area contributed by atoms with Crippen LogP contribution in [0.4, 0.5) is 0 Å². The molecule has 0 radical (unpaired) electrons. The Morgan fingerprint density at radius 2 is 1.67 bits per heavy atom. The number of methoxy groups -OCH3 is 1. The fourth-order valence-electron chi connectivity index (χ4n) is 11.9. The first-order chi connectivity index (χ1) is 24.6. The monoisotopic (exact) mass is 738 g/mol. The van der Waals surface area contributed by atoms with Crippen molar-refractivity contribution in [2.75, 3.05) is 20.3 Å². The molecule has 0 aromatic carbocycles. The number of hydrogen-bond donors (Lipinski definition) is 5. The van der Waals surface area contributed by atoms with Gasteiger partial charge in [0.05, 0.1) is 24.4 Å². The van der Waals surface area contributed by atoms with Crippen molar-refractivity contribution in [1.82, 2.24) is 0 Å². The van der Waals surface area contributed by atoms with E-state index in [0.717, 1.165) is 63.4 Å². The number of carbonyl (C=O) groups is 2. The topological polar surface area (TPSA) is 200 Å². The summed E-state index contributed by atoms with van der Waals surface area (Å²) in [6, 6.07) is 0. The maximum absolute atomic E-state index is 12.6. The molecule has 0 aromatic rings. The van der Waals surface area contributed by atoms with Crippen molar-refractivity contribution in [2.24, 2.45) is 34.5 Å². The van der Waals surface area contributed by atoms with Crippen LogP contribution in [-0.4, -0.2) is 131 Å². The molecule has 2 saturated heterocycles. The predicted octanol–water partition coefficient (Wildman–Crippen LogP) is 1.51. The van der Waals surface area contributed by atoms with Gasteiger partial charge in [-0.25, -0.2) is 4.79 Å². The summed E-state index contributed by atoms with van der Waals surface area (Å²) >= 11 is 0. The highest BCUT2D eigenvalue weighted by Gasteiger charge is 2.68. The number of rotatable bonds is 8. The molecule has 7 aliphatic rings. The van der Waals surface area contributed by atoms with Gasteiger partial charge < -0.3 is 58.7 Å². The molecule has 7 rings (SSSR count). The van der Waals surface area contributed by atoms with Crippen LogP contribution in [0.15, 0.2) is 11.6 Å². The standard InChI is InChI=1S/C38H58O14/c1-18-31(52-34-30(44)29(43)28(42)26(16-39)51-34)32(46-5)33(49-19(2)40)35(48-18)50-22-8-11-36(3)21(15-22)6-7-25-24(36)9-12-37(4)23(10-13-38(25,37)45)20-14-27(41)47-17-20/h14,18,21-26,28-35,39,42-45H,6-13,15-17H2,1-5H3/t18-,21+,22-,23+,24-,25+,26-,28-,29+,30-,31-,32+,33-,34+,35-,36-,37+,38-/m0/s1. The van der Waals surface area contributed by atoms with Crippen LogP contribution in [-0.2, 0) is 42.7 Å². The summed E-state index contributed by atoms with van der Waals surface area (Å²) in [4.78, 5) is 24.3. The molecule has 3 aliphatic heterocycles. The summed E-state index contributed by atoms with van der Waals surface area (Å²) in [7, 11) is 1.44. The highest BCUT2D eigenvalue weighted by Crippen LogP contribution is 2.70. The van der Waals surface area contributed by atoms with E-state index in [0.29, 0.717) is 18.4 Å². The molecule has 5 N–H and O–H groups in total. The van der Waals surface area contributed by atoms with Crippen molar-refractivity contribution in [3.8, 4) is 0 Å². The van der Waals surface area contributed by atoms with E-state index < -0.39 is 79.6 Å². The van der Waals surface area contributed by atoms with Crippen LogP contribution in [0.1, 0.15) is 85.5 Å². The fourth-order valence-corrected chi connectivity index (χ4v) is 11.9. The molecule has 294 valence electrons. The van der Waals surface area contributed by atoms with Crippen LogP contribution in [0.2, 0.25) is 0 Å². The quantitative estimate of drug-likeness (QED) is 0.177. The van der Waals surface area contributed by atoms with E-state index in [2.05, 4.69) is 13.8 Å². The van der Waals surface area contributed by atoms with Gasteiger partial charge in [-0.2, -0.15) is 0 Å². The second kappa shape index (κ2) is 14.4. The zero-order valence-electron chi connectivity index (χ0n) is 30.9. The van der Waals surface area contributed by atoms with Gasteiger partial charge in [-0.3, -0.25) is 4.79 Å². The number of aliphatic hydroxyl groups is 5. The average Bonchev–Trinajstić information content (AvgIpc) is 3.65. The molecule has 0 unspecified atom stereocenters. The Hall–Kier alpha value is -1.72. The number of cyclic esters (lactones) is 1. The Bertz CT molecular complexity index is 1370. The fraction of sp³-hybridized carbons (Fsp3) is 0.895. The smallest absolute Gasteiger partial charge is 0.331 e. The summed E-state index contributed by atoms with van der Waals surface area (Å²) in [5, 5.41) is 53.4. The van der Waals surface area contributed by atoms with E-state index in [1.165, 1.54) is 14.0 Å². The maximum Gasteiger partial charge on any atom is 0.331 e. The molecule has 18 atom stereocenters. The second-order valence-corrected chi connectivity index (χ2v) is 17.1. The van der Waals surface area contributed by atoms with E-state index in [-0.39, 0.29) is 34.7 Å². The molecule has 6 fully saturated rings. The first kappa shape index (κ1) is 38.6. The molecule has 14 nitrogen and oxygen atoms in total. The van der Waals surface area contributed by atoms with Crippen LogP contribution in [0.3, 0.4) is 0 Å². The minimum atomic E-state index is -1.63. The third kappa shape index (κ3) is 6.26. The Morgan fingerprint density at radius 1 is 0.904 bits per heavy atom. The molecule has 0 aromatic heterocycles. The van der Waals surface area contributed by atoms with Gasteiger partial charge >= 0.3 is 11.9 Å². The van der Waals surface area contributed by atoms with E-state index >= 15 is 0 Å². The molecule has 3 heterocycles. The van der Waals surface area contributed by atoms with Crippen molar-refractivity contribution in [3.05, 3.63) is 11.6 Å². The largest absolute Gasteiger partial charge is 0.458 e. The van der Waals surface area contributed by atoms with Crippen LogP contribution in [0, 0.1) is 34.5 Å². The zero-order chi connectivity index (χ0) is 37.3. The van der Waals surface area contributed by atoms with Crippen LogP contribution < -0.4 is 0 Å². The molecular formula is C38H58O14. The molecule has 14 heteroatoms. The molecular weight excluding hydrogens is 680 g/mol. The van der Waals surface area contributed by atoms with Crippen molar-refractivity contribution in [1.29, 1.82) is 0 Å². The zero-order valence-corrected chi connectivity index (χ0v) is 30.9. The Morgan fingerprint density at radius 3 is 2.35 bits per heavy atom. The van der Waals surface area contributed by atoms with Crippen molar-refractivity contribution in [2.45, 2.75) is 159 Å². The minimum Gasteiger partial charge on any atom is -0.458 e. The number of carbonyl (C=O) groups excluding carboxylic acids is 2. The van der Waals surface area contributed by atoms with Crippen molar-refractivity contribution in [3.63, 3.8) is 0 Å². The van der Waals surface area contributed by atoms with Gasteiger partial charge in [0, 0.05) is 25.5 Å². The van der Waals surface area contributed by atoms with Gasteiger partial charge in [0.15, 0.2) is 18.7 Å². The highest BCUT2D eigenvalue weighted by atomic mass is 16.8. The molecule has 4 aliphatic carbocycles. The van der Waals surface area contributed by atoms with Gasteiger partial charge in [0.25, 0.3) is 0 Å². The van der Waals surface area contributed by atoms with Gasteiger partial charge in [0.2, 0.25) is 0 Å². The third-order valence-electron chi connectivity index (χ3n) is 14.7. The highest BCUT2D eigenvalue weighted by molar-refractivity contribution is 5.85. The van der Waals surface area contributed by atoms with E-state index in [9.17, 15) is 35.1 Å². The summed E-state index contributed by atoms with van der Waals surface area (Å²) < 4.78 is 41.5. The number of esters is 2. The molecule has 52 heavy (non-hydrogen) atoms. The van der Waals surface area contributed by atoms with Crippen molar-refractivity contribution >= 4 is 11.9 Å². The van der Waals surface area contributed by atoms with E-state index in [1.807, 2.05) is 0 Å². The average molecular weight is 739 g/mol. The lowest BCUT2D eigenvalue weighted by Crippen LogP contribution is -2.65. The van der Waals surface area contributed by atoms with Crippen molar-refractivity contribution < 1.29 is 68.3 Å². The molecule has 0 amide bonds. The van der Waals surface area contributed by atoms with Gasteiger partial charge in [-0.05, 0) is 99.4 Å². The maximum atomic E-state index is 12.6. The Balaban J connectivity index is 1.03. The first-order valence-electron chi connectivity index (χ1n) is 19.2. The lowest BCUT2D eigenvalue weighted by atomic mass is 9.43. The molecule has 0 bridgehead atoms. The summed E-state index contributed by atoms with van der Waals surface area (Å²) in [6.07, 6.45) is -2.55. The van der Waals surface area contributed by atoms with E-state index in [4.69, 9.17) is 33.2 Å². The summed E-state index contributed by atoms with van der Waals surface area (Å²) in [5.41, 5.74) is -0.0196. The van der Waals surface area contributed by atoms with Gasteiger partial charge in [0.1, 0.15) is 43.2 Å². The molecule has 0 spiro atoms. The predicted molar refractivity (Wildman–Crippen MR) is 180 cm³/mol. The lowest BCUT2D eigenvalue weighted by Gasteiger charge is -2.64. The normalized spacial score (nSPS) is 51.8. The van der Waals surface area contributed by atoms with Gasteiger partial charge in [-0.15, -0.1) is 0 Å². The summed E-state index contributed by atoms with van der Waals surface area (Å²) in [5.74, 6) is 0.237. The second-order valence-electron chi connectivity index (χ2n) is 17.1. The SMILES string of the molecule is CO[C@H]1[C@H](OC(C)=O)[C@H](O[C@H]2CC[C@@]3(C)[C@H](CC[C@@H]4[C@@H]3CC[C@]3(C)[C@@H](C5=CC(=O)OC5)CC[C@]43O)C2)O[C@@H](C)[C@@H]1O[C@H]1O[C@@H](CO)[C@H](O)[C@@H](O)[C@@H]1O. The number of fused-ring (bicyclic) bond motifs is 5. The number of hydrogen-bond acceptors (Lipinski definition) is 14. The summed E-state index contributed by atoms with van der Waals surface area (Å²) in [6.45, 7) is 7.39. The minimum absolute atomic E-state index is 0.0268. The van der Waals surface area contributed by atoms with Crippen LogP contribution >= 0.6 is 0 Å². The number of ether oxygens (including phenoxy) is 7. The Labute approximate surface area is 305 Å². The first-order valence-corrected chi connectivity index (χ1v) is 19.2. The molecule has 4 saturated carbocycles. The van der Waals surface area contributed by atoms with E-state index in [1.54, 1.807) is 13.0 Å².